The lowest BCUT2D eigenvalue weighted by molar-refractivity contribution is -0.153. The van der Waals surface area contributed by atoms with Gasteiger partial charge in [-0.1, -0.05) is 0 Å². The zero-order valence-corrected chi connectivity index (χ0v) is 7.14. The van der Waals surface area contributed by atoms with Crippen molar-refractivity contribution in [3.63, 3.8) is 0 Å². The van der Waals surface area contributed by atoms with Crippen molar-refractivity contribution in [2.75, 3.05) is 6.61 Å². The topological polar surface area (TPSA) is 98.5 Å². The summed E-state index contributed by atoms with van der Waals surface area (Å²) in [6.45, 7) is 1.67. The smallest absolute Gasteiger partial charge is 0.397 e. The van der Waals surface area contributed by atoms with Crippen molar-refractivity contribution in [2.45, 2.75) is 6.92 Å². The SMILES string of the molecule is CCOC(=O)C(=O)NSC(N)=O. The number of hydrogen-bond donors (Lipinski definition) is 2. The van der Waals surface area contributed by atoms with E-state index in [1.807, 2.05) is 4.72 Å². The van der Waals surface area contributed by atoms with Crippen LogP contribution in [0.1, 0.15) is 6.92 Å². The maximum atomic E-state index is 10.6. The van der Waals surface area contributed by atoms with Gasteiger partial charge in [-0.05, 0) is 6.92 Å². The number of ether oxygens (including phenoxy) is 1. The Bertz CT molecular complexity index is 206. The summed E-state index contributed by atoms with van der Waals surface area (Å²) in [4.78, 5) is 31.3. The van der Waals surface area contributed by atoms with Gasteiger partial charge < -0.3 is 10.5 Å². The number of amides is 2. The van der Waals surface area contributed by atoms with Gasteiger partial charge in [-0.25, -0.2) is 4.79 Å². The third kappa shape index (κ3) is 4.56. The molecule has 0 saturated heterocycles. The molecule has 0 fully saturated rings. The maximum Gasteiger partial charge on any atom is 0.397 e. The average molecular weight is 192 g/mol. The Labute approximate surface area is 72.9 Å². The summed E-state index contributed by atoms with van der Waals surface area (Å²) in [5.74, 6) is -2.04. The van der Waals surface area contributed by atoms with E-state index in [9.17, 15) is 14.4 Å². The lowest BCUT2D eigenvalue weighted by atomic mass is 10.6. The predicted octanol–water partition coefficient (Wildman–Crippen LogP) is -0.607. The van der Waals surface area contributed by atoms with Crippen molar-refractivity contribution in [2.24, 2.45) is 5.73 Å². The monoisotopic (exact) mass is 192 g/mol. The molecular formula is C5H8N2O4S. The van der Waals surface area contributed by atoms with Gasteiger partial charge in [0.25, 0.3) is 5.24 Å². The van der Waals surface area contributed by atoms with Crippen LogP contribution in [0.15, 0.2) is 0 Å². The first kappa shape index (κ1) is 10.8. The van der Waals surface area contributed by atoms with E-state index >= 15 is 0 Å². The van der Waals surface area contributed by atoms with E-state index in [4.69, 9.17) is 0 Å². The van der Waals surface area contributed by atoms with Gasteiger partial charge in [-0.2, -0.15) is 0 Å². The Morgan fingerprint density at radius 1 is 1.50 bits per heavy atom. The van der Waals surface area contributed by atoms with Crippen LogP contribution in [-0.2, 0) is 14.3 Å². The number of carbonyl (C=O) groups is 3. The van der Waals surface area contributed by atoms with Gasteiger partial charge in [0.15, 0.2) is 0 Å². The van der Waals surface area contributed by atoms with Crippen LogP contribution in [0.3, 0.4) is 0 Å². The summed E-state index contributed by atoms with van der Waals surface area (Å²) in [5, 5.41) is -0.798. The van der Waals surface area contributed by atoms with Crippen LogP contribution in [-0.4, -0.2) is 23.7 Å². The second-order valence-electron chi connectivity index (χ2n) is 1.57. The summed E-state index contributed by atoms with van der Waals surface area (Å²) >= 11 is 0.332. The Morgan fingerprint density at radius 2 is 2.08 bits per heavy atom. The van der Waals surface area contributed by atoms with Gasteiger partial charge >= 0.3 is 11.9 Å². The molecule has 0 spiro atoms. The summed E-state index contributed by atoms with van der Waals surface area (Å²) < 4.78 is 6.21. The molecule has 0 aliphatic carbocycles. The first-order valence-corrected chi connectivity index (χ1v) is 3.83. The molecule has 0 atom stereocenters. The molecule has 6 nitrogen and oxygen atoms in total. The number of nitrogens with two attached hydrogens (primary N) is 1. The van der Waals surface area contributed by atoms with Crippen LogP contribution in [0.4, 0.5) is 4.79 Å². The van der Waals surface area contributed by atoms with Crippen molar-refractivity contribution in [1.29, 1.82) is 0 Å². The molecule has 2 amide bonds. The van der Waals surface area contributed by atoms with Gasteiger partial charge in [-0.15, -0.1) is 0 Å². The fraction of sp³-hybridized carbons (Fsp3) is 0.400. The van der Waals surface area contributed by atoms with E-state index in [-0.39, 0.29) is 6.61 Å². The van der Waals surface area contributed by atoms with Gasteiger partial charge in [0.2, 0.25) is 0 Å². The van der Waals surface area contributed by atoms with Gasteiger partial charge in [0.1, 0.15) is 0 Å². The van der Waals surface area contributed by atoms with Crippen molar-refractivity contribution < 1.29 is 19.1 Å². The second kappa shape index (κ2) is 5.42. The van der Waals surface area contributed by atoms with Gasteiger partial charge in [0.05, 0.1) is 18.6 Å². The van der Waals surface area contributed by atoms with E-state index in [2.05, 4.69) is 10.5 Å². The molecule has 0 unspecified atom stereocenters. The van der Waals surface area contributed by atoms with Crippen LogP contribution in [0.2, 0.25) is 0 Å². The molecule has 0 saturated carbocycles. The number of esters is 1. The lowest BCUT2D eigenvalue weighted by Crippen LogP contribution is -2.29. The van der Waals surface area contributed by atoms with E-state index in [0.717, 1.165) is 0 Å². The minimum absolute atomic E-state index is 0.105. The highest BCUT2D eigenvalue weighted by Crippen LogP contribution is 1.91. The fourth-order valence-electron chi connectivity index (χ4n) is 0.335. The average Bonchev–Trinajstić information content (AvgIpc) is 2.00. The normalized spacial score (nSPS) is 8.75. The van der Waals surface area contributed by atoms with Crippen LogP contribution in [0.5, 0.6) is 0 Å². The van der Waals surface area contributed by atoms with Crippen LogP contribution >= 0.6 is 11.9 Å². The molecule has 0 aromatic heterocycles. The summed E-state index contributed by atoms with van der Waals surface area (Å²) in [6, 6.07) is 0. The summed E-state index contributed by atoms with van der Waals surface area (Å²) in [5.41, 5.74) is 4.67. The quantitative estimate of drug-likeness (QED) is 0.328. The standard InChI is InChI=1S/C5H8N2O4S/c1-2-11-4(9)3(8)7-12-5(6)10/h2H2,1H3,(H2,6,10)(H,7,8). The summed E-state index contributed by atoms with van der Waals surface area (Å²) in [7, 11) is 0. The molecule has 3 N–H and O–H groups in total. The molecule has 0 rings (SSSR count). The molecule has 0 aliphatic rings. The molecule has 12 heavy (non-hydrogen) atoms. The first-order chi connectivity index (χ1) is 5.57. The highest BCUT2D eigenvalue weighted by atomic mass is 32.2. The third-order valence-electron chi connectivity index (χ3n) is 0.705. The number of primary amides is 1. The molecule has 0 aromatic rings. The van der Waals surface area contributed by atoms with Gasteiger partial charge in [0, 0.05) is 0 Å². The van der Waals surface area contributed by atoms with Crippen molar-refractivity contribution >= 4 is 29.1 Å². The molecule has 7 heteroatoms. The molecule has 0 aliphatic heterocycles. The molecule has 0 heterocycles. The zero-order valence-electron chi connectivity index (χ0n) is 6.33. The minimum atomic E-state index is -1.04. The lowest BCUT2D eigenvalue weighted by Gasteiger charge is -1.99. The Balaban J connectivity index is 3.72. The maximum absolute atomic E-state index is 10.6. The van der Waals surface area contributed by atoms with E-state index in [1.165, 1.54) is 0 Å². The number of carbonyl (C=O) groups excluding carboxylic acids is 3. The Morgan fingerprint density at radius 3 is 2.50 bits per heavy atom. The molecule has 0 bridgehead atoms. The predicted molar refractivity (Wildman–Crippen MR) is 42.0 cm³/mol. The van der Waals surface area contributed by atoms with Crippen molar-refractivity contribution in [3.05, 3.63) is 0 Å². The highest BCUT2D eigenvalue weighted by Gasteiger charge is 2.14. The van der Waals surface area contributed by atoms with E-state index in [0.29, 0.717) is 11.9 Å². The van der Waals surface area contributed by atoms with Crippen molar-refractivity contribution in [1.82, 2.24) is 4.72 Å². The molecular weight excluding hydrogens is 184 g/mol. The highest BCUT2D eigenvalue weighted by molar-refractivity contribution is 8.12. The van der Waals surface area contributed by atoms with Crippen LogP contribution < -0.4 is 10.5 Å². The second-order valence-corrected chi connectivity index (χ2v) is 2.38. The third-order valence-corrected chi connectivity index (χ3v) is 1.19. The Hall–Kier alpha value is -1.24. The number of hydrogen-bond acceptors (Lipinski definition) is 5. The van der Waals surface area contributed by atoms with E-state index < -0.39 is 17.1 Å². The van der Waals surface area contributed by atoms with Crippen LogP contribution in [0.25, 0.3) is 0 Å². The Kier molecular flexibility index (Phi) is 4.86. The molecule has 68 valence electrons. The van der Waals surface area contributed by atoms with Crippen LogP contribution in [0, 0.1) is 0 Å². The zero-order chi connectivity index (χ0) is 9.56. The largest absolute Gasteiger partial charge is 0.459 e. The van der Waals surface area contributed by atoms with E-state index in [1.54, 1.807) is 6.92 Å². The first-order valence-electron chi connectivity index (χ1n) is 3.01. The molecule has 0 aromatic carbocycles. The number of rotatable bonds is 1. The molecule has 0 radical (unpaired) electrons. The fourth-order valence-corrected chi connectivity index (χ4v) is 0.612. The number of nitrogens with one attached hydrogen (secondary N) is 1. The van der Waals surface area contributed by atoms with Gasteiger partial charge in [-0.3, -0.25) is 14.3 Å². The van der Waals surface area contributed by atoms with Crippen molar-refractivity contribution in [3.8, 4) is 0 Å². The summed E-state index contributed by atoms with van der Waals surface area (Å²) in [6.07, 6.45) is 0. The minimum Gasteiger partial charge on any atom is -0.459 e.